The summed E-state index contributed by atoms with van der Waals surface area (Å²) >= 11 is 6.36. The third kappa shape index (κ3) is 8.13. The SMILES string of the molecule is CCN(CC)CC.O=[N+]([O-])c1ccc(N=NNc2ccc([N+](=O)[O-])cc2Br)c(Br)c1. The van der Waals surface area contributed by atoms with Crippen molar-refractivity contribution in [3.63, 3.8) is 0 Å². The lowest BCUT2D eigenvalue weighted by Crippen LogP contribution is -2.21. The molecule has 0 aliphatic rings. The lowest BCUT2D eigenvalue weighted by Gasteiger charge is -2.13. The molecule has 0 fully saturated rings. The average molecular weight is 546 g/mol. The molecule has 0 atom stereocenters. The van der Waals surface area contributed by atoms with E-state index < -0.39 is 9.85 Å². The maximum absolute atomic E-state index is 10.6. The van der Waals surface area contributed by atoms with Crippen molar-refractivity contribution in [1.82, 2.24) is 4.90 Å². The van der Waals surface area contributed by atoms with Gasteiger partial charge in [-0.15, -0.1) is 5.11 Å². The molecule has 0 radical (unpaired) electrons. The van der Waals surface area contributed by atoms with Gasteiger partial charge in [-0.05, 0) is 63.6 Å². The summed E-state index contributed by atoms with van der Waals surface area (Å²) in [5.74, 6) is 0. The molecule has 0 heterocycles. The minimum absolute atomic E-state index is 0.0579. The molecule has 0 bridgehead atoms. The monoisotopic (exact) mass is 544 g/mol. The molecule has 2 rings (SSSR count). The molecule has 0 spiro atoms. The first-order chi connectivity index (χ1) is 14.2. The normalized spacial score (nSPS) is 10.6. The van der Waals surface area contributed by atoms with E-state index in [1.807, 2.05) is 0 Å². The highest BCUT2D eigenvalue weighted by Gasteiger charge is 2.10. The summed E-state index contributed by atoms with van der Waals surface area (Å²) in [5, 5.41) is 28.9. The number of nitrogens with zero attached hydrogens (tertiary/aromatic N) is 5. The highest BCUT2D eigenvalue weighted by molar-refractivity contribution is 9.11. The van der Waals surface area contributed by atoms with Gasteiger partial charge >= 0.3 is 0 Å². The third-order valence-electron chi connectivity index (χ3n) is 3.98. The van der Waals surface area contributed by atoms with E-state index in [2.05, 4.69) is 73.3 Å². The number of nitro groups is 2. The summed E-state index contributed by atoms with van der Waals surface area (Å²) in [6.45, 7) is 10.1. The van der Waals surface area contributed by atoms with E-state index in [1.54, 1.807) is 0 Å². The third-order valence-corrected chi connectivity index (χ3v) is 5.27. The van der Waals surface area contributed by atoms with Gasteiger partial charge in [-0.1, -0.05) is 26.0 Å². The Morgan fingerprint density at radius 2 is 1.40 bits per heavy atom. The minimum atomic E-state index is -0.516. The lowest BCUT2D eigenvalue weighted by atomic mass is 10.3. The van der Waals surface area contributed by atoms with Crippen LogP contribution < -0.4 is 5.43 Å². The van der Waals surface area contributed by atoms with E-state index in [0.717, 1.165) is 0 Å². The Kier molecular flexibility index (Phi) is 11.1. The summed E-state index contributed by atoms with van der Waals surface area (Å²) in [5.41, 5.74) is 3.37. The molecule has 0 aliphatic heterocycles. The zero-order chi connectivity index (χ0) is 22.7. The molecule has 12 heteroatoms. The van der Waals surface area contributed by atoms with Crippen molar-refractivity contribution >= 4 is 54.6 Å². The van der Waals surface area contributed by atoms with Crippen LogP contribution in [0.15, 0.2) is 55.7 Å². The van der Waals surface area contributed by atoms with Gasteiger partial charge in [0.05, 0.1) is 20.0 Å². The van der Waals surface area contributed by atoms with Crippen molar-refractivity contribution in [3.05, 3.63) is 65.6 Å². The van der Waals surface area contributed by atoms with E-state index in [4.69, 9.17) is 0 Å². The first-order valence-electron chi connectivity index (χ1n) is 9.00. The van der Waals surface area contributed by atoms with Gasteiger partial charge in [0.15, 0.2) is 0 Å². The Balaban J connectivity index is 0.000000553. The minimum Gasteiger partial charge on any atom is -0.304 e. The van der Waals surface area contributed by atoms with Gasteiger partial charge in [0.2, 0.25) is 0 Å². The van der Waals surface area contributed by atoms with E-state index in [9.17, 15) is 20.2 Å². The largest absolute Gasteiger partial charge is 0.304 e. The maximum Gasteiger partial charge on any atom is 0.270 e. The van der Waals surface area contributed by atoms with Crippen LogP contribution in [-0.4, -0.2) is 34.4 Å². The van der Waals surface area contributed by atoms with Crippen molar-refractivity contribution in [3.8, 4) is 0 Å². The predicted molar refractivity (Wildman–Crippen MR) is 123 cm³/mol. The molecule has 2 aromatic carbocycles. The number of halogens is 2. The summed E-state index contributed by atoms with van der Waals surface area (Å²) in [7, 11) is 0. The van der Waals surface area contributed by atoms with Crippen LogP contribution in [0.5, 0.6) is 0 Å². The van der Waals surface area contributed by atoms with Crippen molar-refractivity contribution < 1.29 is 9.85 Å². The number of non-ortho nitro benzene ring substituents is 2. The summed E-state index contributed by atoms with van der Waals surface area (Å²) in [4.78, 5) is 22.6. The number of rotatable bonds is 8. The Morgan fingerprint density at radius 3 is 1.80 bits per heavy atom. The molecular weight excluding hydrogens is 524 g/mol. The average Bonchev–Trinajstić information content (AvgIpc) is 2.71. The molecule has 0 amide bonds. The lowest BCUT2D eigenvalue weighted by molar-refractivity contribution is -0.385. The fraction of sp³-hybridized carbons (Fsp3) is 0.333. The van der Waals surface area contributed by atoms with Crippen LogP contribution in [0.25, 0.3) is 0 Å². The molecule has 0 saturated carbocycles. The topological polar surface area (TPSA) is 126 Å². The number of anilines is 1. The summed E-state index contributed by atoms with van der Waals surface area (Å²) in [6.07, 6.45) is 0. The number of hydrogen-bond acceptors (Lipinski definition) is 7. The second-order valence-corrected chi connectivity index (χ2v) is 7.45. The Hall–Kier alpha value is -2.44. The van der Waals surface area contributed by atoms with E-state index in [-0.39, 0.29) is 11.4 Å². The predicted octanol–water partition coefficient (Wildman–Crippen LogP) is 6.49. The molecular formula is C18H22Br2N6O4. The highest BCUT2D eigenvalue weighted by Crippen LogP contribution is 2.30. The molecule has 1 N–H and O–H groups in total. The van der Waals surface area contributed by atoms with Crippen LogP contribution in [0.1, 0.15) is 20.8 Å². The van der Waals surface area contributed by atoms with Crippen molar-refractivity contribution in [2.45, 2.75) is 20.8 Å². The smallest absolute Gasteiger partial charge is 0.270 e. The van der Waals surface area contributed by atoms with Crippen molar-refractivity contribution in [2.24, 2.45) is 10.3 Å². The molecule has 162 valence electrons. The van der Waals surface area contributed by atoms with Crippen LogP contribution in [0.3, 0.4) is 0 Å². The molecule has 0 saturated heterocycles. The Bertz CT molecular complexity index is 901. The van der Waals surface area contributed by atoms with E-state index in [0.29, 0.717) is 20.3 Å². The van der Waals surface area contributed by atoms with E-state index >= 15 is 0 Å². The molecule has 2 aromatic rings. The van der Waals surface area contributed by atoms with Gasteiger partial charge in [-0.3, -0.25) is 25.7 Å². The zero-order valence-electron chi connectivity index (χ0n) is 16.7. The van der Waals surface area contributed by atoms with E-state index in [1.165, 1.54) is 56.0 Å². The number of hydrogen-bond donors (Lipinski definition) is 1. The van der Waals surface area contributed by atoms with Crippen molar-refractivity contribution in [2.75, 3.05) is 25.1 Å². The fourth-order valence-corrected chi connectivity index (χ4v) is 3.10. The van der Waals surface area contributed by atoms with Gasteiger partial charge in [-0.25, -0.2) is 0 Å². The fourth-order valence-electron chi connectivity index (χ4n) is 2.20. The Labute approximate surface area is 190 Å². The quantitative estimate of drug-likeness (QED) is 0.229. The molecule has 30 heavy (non-hydrogen) atoms. The van der Waals surface area contributed by atoms with Crippen LogP contribution in [0, 0.1) is 20.2 Å². The summed E-state index contributed by atoms with van der Waals surface area (Å²) < 4.78 is 0.869. The van der Waals surface area contributed by atoms with Gasteiger partial charge in [-0.2, -0.15) is 0 Å². The highest BCUT2D eigenvalue weighted by atomic mass is 79.9. The van der Waals surface area contributed by atoms with Crippen LogP contribution >= 0.6 is 31.9 Å². The molecule has 10 nitrogen and oxygen atoms in total. The van der Waals surface area contributed by atoms with Gasteiger partial charge in [0, 0.05) is 28.7 Å². The molecule has 0 unspecified atom stereocenters. The van der Waals surface area contributed by atoms with Crippen LogP contribution in [-0.2, 0) is 0 Å². The zero-order valence-corrected chi connectivity index (χ0v) is 19.9. The molecule has 0 aliphatic carbocycles. The Morgan fingerprint density at radius 1 is 0.900 bits per heavy atom. The number of nitro benzene ring substituents is 2. The van der Waals surface area contributed by atoms with Crippen LogP contribution in [0.2, 0.25) is 0 Å². The maximum atomic E-state index is 10.6. The first kappa shape index (κ1) is 25.6. The first-order valence-corrected chi connectivity index (χ1v) is 10.6. The second-order valence-electron chi connectivity index (χ2n) is 5.75. The number of nitrogens with one attached hydrogen (secondary N) is 1. The van der Waals surface area contributed by atoms with Crippen molar-refractivity contribution in [1.29, 1.82) is 0 Å². The van der Waals surface area contributed by atoms with Gasteiger partial charge in [0.1, 0.15) is 5.69 Å². The molecule has 0 aromatic heterocycles. The second kappa shape index (κ2) is 13.0. The number of benzene rings is 2. The standard InChI is InChI=1S/C12H7Br2N5O4.C6H15N/c13-9-5-7(18(20)21)1-3-11(9)15-17-16-12-4-2-8(19(22)23)6-10(12)14;1-4-7(5-2)6-3/h1-6H,(H,15,16);4-6H2,1-3H3. The summed E-state index contributed by atoms with van der Waals surface area (Å²) in [6, 6.07) is 8.20. The van der Waals surface area contributed by atoms with Gasteiger partial charge < -0.3 is 4.90 Å². The van der Waals surface area contributed by atoms with Gasteiger partial charge in [0.25, 0.3) is 11.4 Å². The van der Waals surface area contributed by atoms with Crippen LogP contribution in [0.4, 0.5) is 22.7 Å².